The van der Waals surface area contributed by atoms with Crippen LogP contribution >= 0.6 is 0 Å². The van der Waals surface area contributed by atoms with E-state index in [9.17, 15) is 9.59 Å². The van der Waals surface area contributed by atoms with Crippen LogP contribution in [-0.4, -0.2) is 49.1 Å². The van der Waals surface area contributed by atoms with Gasteiger partial charge in [-0.2, -0.15) is 0 Å². The molecule has 0 radical (unpaired) electrons. The van der Waals surface area contributed by atoms with Gasteiger partial charge in [0.25, 0.3) is 11.8 Å². The van der Waals surface area contributed by atoms with Crippen molar-refractivity contribution < 1.29 is 19.1 Å². The number of carbonyl (C=O) groups excluding carboxylic acids is 2. The zero-order valence-electron chi connectivity index (χ0n) is 20.6. The van der Waals surface area contributed by atoms with Crippen molar-refractivity contribution in [3.8, 4) is 22.6 Å². The van der Waals surface area contributed by atoms with Gasteiger partial charge in [-0.25, -0.2) is 0 Å². The van der Waals surface area contributed by atoms with Gasteiger partial charge in [-0.15, -0.1) is 0 Å². The van der Waals surface area contributed by atoms with Crippen molar-refractivity contribution in [3.05, 3.63) is 82.9 Å². The van der Waals surface area contributed by atoms with Gasteiger partial charge in [-0.1, -0.05) is 53.6 Å². The lowest BCUT2D eigenvalue weighted by atomic mass is 9.96. The second-order valence-electron chi connectivity index (χ2n) is 10.1. The van der Waals surface area contributed by atoms with Crippen LogP contribution < -0.4 is 14.8 Å². The number of ether oxygens (including phenoxy) is 2. The quantitative estimate of drug-likeness (QED) is 0.576. The van der Waals surface area contributed by atoms with E-state index in [2.05, 4.69) is 42.6 Å². The van der Waals surface area contributed by atoms with Gasteiger partial charge in [0.2, 0.25) is 0 Å². The normalized spacial score (nSPS) is 21.6. The van der Waals surface area contributed by atoms with E-state index in [1.54, 1.807) is 12.1 Å². The number of piperidine rings is 1. The van der Waals surface area contributed by atoms with Crippen molar-refractivity contribution in [2.75, 3.05) is 26.3 Å². The van der Waals surface area contributed by atoms with Gasteiger partial charge in [-0.05, 0) is 61.4 Å². The van der Waals surface area contributed by atoms with Crippen LogP contribution in [0.4, 0.5) is 0 Å². The van der Waals surface area contributed by atoms with Gasteiger partial charge in [0.05, 0.1) is 11.6 Å². The summed E-state index contributed by atoms with van der Waals surface area (Å²) in [5, 5.41) is 3.08. The highest BCUT2D eigenvalue weighted by Gasteiger charge is 2.54. The highest BCUT2D eigenvalue weighted by molar-refractivity contribution is 6.02. The molecule has 2 fully saturated rings. The summed E-state index contributed by atoms with van der Waals surface area (Å²) in [4.78, 5) is 29.0. The maximum absolute atomic E-state index is 13.9. The molecular formula is C30H30N2O4. The Hall–Kier alpha value is -3.80. The standard InChI is InChI=1S/C30H30N2O4/c1-18-6-9-20(10-7-18)22-11-8-19(2)14-25(22)30(34)32-17-21-15-24(21)26(32)16-31-29(33)23-4-3-5-27-28(23)36-13-12-35-27/h3-11,14,21,24,26H,12-13,15-17H2,1-2H3,(H,31,33)/t21-,24-,26-/m1/s1. The Morgan fingerprint density at radius 2 is 1.72 bits per heavy atom. The summed E-state index contributed by atoms with van der Waals surface area (Å²) in [6.45, 7) is 6.13. The molecule has 6 rings (SSSR count). The summed E-state index contributed by atoms with van der Waals surface area (Å²) in [5.74, 6) is 1.87. The molecule has 3 aromatic carbocycles. The summed E-state index contributed by atoms with van der Waals surface area (Å²) >= 11 is 0. The molecular weight excluding hydrogens is 452 g/mol. The zero-order chi connectivity index (χ0) is 24.8. The summed E-state index contributed by atoms with van der Waals surface area (Å²) in [6.07, 6.45) is 1.11. The molecule has 184 valence electrons. The number of nitrogens with one attached hydrogen (secondary N) is 1. The van der Waals surface area contributed by atoms with E-state index in [0.29, 0.717) is 48.7 Å². The number of hydrogen-bond acceptors (Lipinski definition) is 4. The van der Waals surface area contributed by atoms with Crippen molar-refractivity contribution in [1.29, 1.82) is 0 Å². The molecule has 0 unspecified atom stereocenters. The van der Waals surface area contributed by atoms with Crippen molar-refractivity contribution in [1.82, 2.24) is 10.2 Å². The molecule has 1 saturated carbocycles. The Kier molecular flexibility index (Phi) is 5.67. The maximum Gasteiger partial charge on any atom is 0.255 e. The smallest absolute Gasteiger partial charge is 0.255 e. The van der Waals surface area contributed by atoms with Gasteiger partial charge in [0.15, 0.2) is 11.5 Å². The first kappa shape index (κ1) is 22.7. The van der Waals surface area contributed by atoms with E-state index >= 15 is 0 Å². The highest BCUT2D eigenvalue weighted by atomic mass is 16.6. The van der Waals surface area contributed by atoms with Gasteiger partial charge < -0.3 is 19.7 Å². The number of para-hydroxylation sites is 1. The fourth-order valence-corrected chi connectivity index (χ4v) is 5.59. The third-order valence-electron chi connectivity index (χ3n) is 7.61. The minimum atomic E-state index is -0.204. The number of rotatable bonds is 5. The van der Waals surface area contributed by atoms with Crippen molar-refractivity contribution in [2.24, 2.45) is 11.8 Å². The molecule has 6 nitrogen and oxygen atoms in total. The van der Waals surface area contributed by atoms with Crippen LogP contribution in [0.2, 0.25) is 0 Å². The molecule has 0 spiro atoms. The predicted octanol–water partition coefficient (Wildman–Crippen LogP) is 4.63. The van der Waals surface area contributed by atoms with Crippen LogP contribution in [0.3, 0.4) is 0 Å². The summed E-state index contributed by atoms with van der Waals surface area (Å²) < 4.78 is 11.3. The minimum absolute atomic E-state index is 0.0189. The van der Waals surface area contributed by atoms with Gasteiger partial charge in [-0.3, -0.25) is 9.59 Å². The van der Waals surface area contributed by atoms with Gasteiger partial charge in [0, 0.05) is 18.7 Å². The largest absolute Gasteiger partial charge is 0.486 e. The number of benzene rings is 3. The van der Waals surface area contributed by atoms with E-state index in [1.165, 1.54) is 5.56 Å². The third kappa shape index (κ3) is 4.11. The molecule has 0 aromatic heterocycles. The fourth-order valence-electron chi connectivity index (χ4n) is 5.59. The second-order valence-corrected chi connectivity index (χ2v) is 10.1. The Morgan fingerprint density at radius 1 is 0.944 bits per heavy atom. The first-order chi connectivity index (χ1) is 17.5. The third-order valence-corrected chi connectivity index (χ3v) is 7.61. The van der Waals surface area contributed by atoms with E-state index in [4.69, 9.17) is 9.47 Å². The average molecular weight is 483 g/mol. The van der Waals surface area contributed by atoms with Gasteiger partial charge >= 0.3 is 0 Å². The van der Waals surface area contributed by atoms with Crippen molar-refractivity contribution >= 4 is 11.8 Å². The first-order valence-electron chi connectivity index (χ1n) is 12.6. The molecule has 1 N–H and O–H groups in total. The zero-order valence-corrected chi connectivity index (χ0v) is 20.6. The first-order valence-corrected chi connectivity index (χ1v) is 12.6. The molecule has 1 saturated heterocycles. The summed E-state index contributed by atoms with van der Waals surface area (Å²) in [7, 11) is 0. The highest BCUT2D eigenvalue weighted by Crippen LogP contribution is 2.50. The maximum atomic E-state index is 13.9. The Labute approximate surface area is 211 Å². The summed E-state index contributed by atoms with van der Waals surface area (Å²) in [5.41, 5.74) is 5.41. The fraction of sp³-hybridized carbons (Fsp3) is 0.333. The lowest BCUT2D eigenvalue weighted by Crippen LogP contribution is -2.45. The molecule has 2 amide bonds. The average Bonchev–Trinajstić information content (AvgIpc) is 3.58. The van der Waals surface area contributed by atoms with E-state index in [0.717, 1.165) is 35.2 Å². The van der Waals surface area contributed by atoms with Crippen LogP contribution in [0, 0.1) is 25.7 Å². The van der Waals surface area contributed by atoms with E-state index in [1.807, 2.05) is 30.0 Å². The topological polar surface area (TPSA) is 67.9 Å². The number of carbonyl (C=O) groups is 2. The van der Waals surface area contributed by atoms with E-state index < -0.39 is 0 Å². The molecule has 1 aliphatic carbocycles. The lowest BCUT2D eigenvalue weighted by molar-refractivity contribution is 0.0695. The van der Waals surface area contributed by atoms with E-state index in [-0.39, 0.29) is 17.9 Å². The summed E-state index contributed by atoms with van der Waals surface area (Å²) in [6, 6.07) is 19.7. The second kappa shape index (κ2) is 9.01. The van der Waals surface area contributed by atoms with Gasteiger partial charge in [0.1, 0.15) is 13.2 Å². The number of likely N-dealkylation sites (tertiary alicyclic amines) is 1. The molecule has 2 heterocycles. The van der Waals surface area contributed by atoms with Crippen molar-refractivity contribution in [2.45, 2.75) is 26.3 Å². The monoisotopic (exact) mass is 482 g/mol. The van der Waals surface area contributed by atoms with Crippen LogP contribution in [0.1, 0.15) is 38.3 Å². The van der Waals surface area contributed by atoms with Crippen LogP contribution in [0.25, 0.3) is 11.1 Å². The Morgan fingerprint density at radius 3 is 2.56 bits per heavy atom. The van der Waals surface area contributed by atoms with Crippen LogP contribution in [-0.2, 0) is 0 Å². The molecule has 36 heavy (non-hydrogen) atoms. The molecule has 0 bridgehead atoms. The SMILES string of the molecule is Cc1ccc(-c2ccc(C)cc2C(=O)N2C[C@H]3C[C@H]3[C@H]2CNC(=O)c2cccc3c2OCCO3)cc1. The minimum Gasteiger partial charge on any atom is -0.486 e. The Bertz CT molecular complexity index is 1330. The number of amides is 2. The van der Waals surface area contributed by atoms with Crippen LogP contribution in [0.15, 0.2) is 60.7 Å². The van der Waals surface area contributed by atoms with Crippen molar-refractivity contribution in [3.63, 3.8) is 0 Å². The molecule has 3 aromatic rings. The number of hydrogen-bond donors (Lipinski definition) is 1. The predicted molar refractivity (Wildman–Crippen MR) is 138 cm³/mol. The lowest BCUT2D eigenvalue weighted by Gasteiger charge is -2.29. The number of fused-ring (bicyclic) bond motifs is 2. The Balaban J connectivity index is 1.23. The molecule has 6 heteroatoms. The van der Waals surface area contributed by atoms with Crippen LogP contribution in [0.5, 0.6) is 11.5 Å². The molecule has 3 aliphatic rings. The molecule has 3 atom stereocenters. The number of nitrogens with zero attached hydrogens (tertiary/aromatic N) is 1. The molecule has 2 aliphatic heterocycles. The number of aryl methyl sites for hydroxylation is 2.